The van der Waals surface area contributed by atoms with Gasteiger partial charge in [-0.3, -0.25) is 4.79 Å². The Labute approximate surface area is 121 Å². The van der Waals surface area contributed by atoms with Crippen LogP contribution in [0.4, 0.5) is 5.69 Å². The van der Waals surface area contributed by atoms with Crippen molar-refractivity contribution < 1.29 is 4.79 Å². The standard InChI is InChI=1S/C16H25N3O/c1-13-5-4-6-14(11-13)18-7-9-19(10-8-18)15(20)12-16(2,3)17/h4-6,11H,7-10,12,17H2,1-3H3. The van der Waals surface area contributed by atoms with E-state index in [0.717, 1.165) is 26.2 Å². The molecule has 0 unspecified atom stereocenters. The molecule has 2 rings (SSSR count). The molecule has 0 spiro atoms. The van der Waals surface area contributed by atoms with Crippen LogP contribution in [0.2, 0.25) is 0 Å². The number of piperazine rings is 1. The maximum absolute atomic E-state index is 12.1. The van der Waals surface area contributed by atoms with E-state index < -0.39 is 5.54 Å². The van der Waals surface area contributed by atoms with Crippen LogP contribution in [0.5, 0.6) is 0 Å². The van der Waals surface area contributed by atoms with Crippen LogP contribution in [0.15, 0.2) is 24.3 Å². The number of carbonyl (C=O) groups is 1. The summed E-state index contributed by atoms with van der Waals surface area (Å²) in [6.07, 6.45) is 0.414. The molecule has 110 valence electrons. The Morgan fingerprint density at radius 2 is 1.90 bits per heavy atom. The molecule has 1 heterocycles. The molecule has 0 bridgehead atoms. The lowest BCUT2D eigenvalue weighted by molar-refractivity contribution is -0.132. The fraction of sp³-hybridized carbons (Fsp3) is 0.562. The van der Waals surface area contributed by atoms with Gasteiger partial charge in [-0.1, -0.05) is 12.1 Å². The van der Waals surface area contributed by atoms with Crippen molar-refractivity contribution in [3.8, 4) is 0 Å². The minimum Gasteiger partial charge on any atom is -0.368 e. The van der Waals surface area contributed by atoms with Crippen LogP contribution in [-0.4, -0.2) is 42.5 Å². The molecule has 2 N–H and O–H groups in total. The quantitative estimate of drug-likeness (QED) is 0.914. The number of amides is 1. The van der Waals surface area contributed by atoms with Crippen molar-refractivity contribution in [1.29, 1.82) is 0 Å². The molecule has 1 aromatic rings. The van der Waals surface area contributed by atoms with Gasteiger partial charge in [0.2, 0.25) is 5.91 Å². The van der Waals surface area contributed by atoms with Gasteiger partial charge in [0.25, 0.3) is 0 Å². The maximum Gasteiger partial charge on any atom is 0.224 e. The van der Waals surface area contributed by atoms with Crippen molar-refractivity contribution in [2.45, 2.75) is 32.7 Å². The lowest BCUT2D eigenvalue weighted by Gasteiger charge is -2.37. The van der Waals surface area contributed by atoms with E-state index in [9.17, 15) is 4.79 Å². The molecule has 1 aliphatic rings. The topological polar surface area (TPSA) is 49.6 Å². The molecule has 0 saturated carbocycles. The number of carbonyl (C=O) groups excluding carboxylic acids is 1. The molecule has 0 radical (unpaired) electrons. The Kier molecular flexibility index (Phi) is 4.33. The van der Waals surface area contributed by atoms with Gasteiger partial charge < -0.3 is 15.5 Å². The van der Waals surface area contributed by atoms with Crippen molar-refractivity contribution >= 4 is 11.6 Å². The Balaban J connectivity index is 1.91. The summed E-state index contributed by atoms with van der Waals surface area (Å²) in [7, 11) is 0. The Bertz CT molecular complexity index is 471. The van der Waals surface area contributed by atoms with Gasteiger partial charge in [0.05, 0.1) is 0 Å². The van der Waals surface area contributed by atoms with E-state index in [1.807, 2.05) is 18.7 Å². The van der Waals surface area contributed by atoms with Gasteiger partial charge in [0, 0.05) is 43.8 Å². The number of hydrogen-bond acceptors (Lipinski definition) is 3. The molecule has 4 nitrogen and oxygen atoms in total. The van der Waals surface area contributed by atoms with Crippen LogP contribution in [0.1, 0.15) is 25.8 Å². The van der Waals surface area contributed by atoms with Gasteiger partial charge in [-0.15, -0.1) is 0 Å². The summed E-state index contributed by atoms with van der Waals surface area (Å²) in [6.45, 7) is 9.24. The molecule has 1 fully saturated rings. The van der Waals surface area contributed by atoms with Crippen molar-refractivity contribution in [3.63, 3.8) is 0 Å². The molecule has 0 aromatic heterocycles. The number of nitrogens with zero attached hydrogens (tertiary/aromatic N) is 2. The molecule has 1 aromatic carbocycles. The third kappa shape index (κ3) is 3.97. The predicted molar refractivity (Wildman–Crippen MR) is 82.9 cm³/mol. The molecule has 20 heavy (non-hydrogen) atoms. The monoisotopic (exact) mass is 275 g/mol. The molecule has 4 heteroatoms. The molecule has 1 aliphatic heterocycles. The van der Waals surface area contributed by atoms with Crippen LogP contribution in [0.25, 0.3) is 0 Å². The summed E-state index contributed by atoms with van der Waals surface area (Å²) in [4.78, 5) is 16.4. The van der Waals surface area contributed by atoms with Crippen LogP contribution in [0.3, 0.4) is 0 Å². The van der Waals surface area contributed by atoms with E-state index >= 15 is 0 Å². The van der Waals surface area contributed by atoms with E-state index in [1.54, 1.807) is 0 Å². The summed E-state index contributed by atoms with van der Waals surface area (Å²) in [5, 5.41) is 0. The van der Waals surface area contributed by atoms with Crippen molar-refractivity contribution in [2.24, 2.45) is 5.73 Å². The average Bonchev–Trinajstić information content (AvgIpc) is 2.37. The van der Waals surface area contributed by atoms with Gasteiger partial charge in [-0.25, -0.2) is 0 Å². The number of rotatable bonds is 3. The Hall–Kier alpha value is -1.55. The third-order valence-electron chi connectivity index (χ3n) is 3.61. The normalized spacial score (nSPS) is 16.4. The Morgan fingerprint density at radius 3 is 2.45 bits per heavy atom. The minimum atomic E-state index is -0.426. The van der Waals surface area contributed by atoms with Crippen LogP contribution in [-0.2, 0) is 4.79 Å². The zero-order valence-corrected chi connectivity index (χ0v) is 12.7. The number of nitrogens with two attached hydrogens (primary N) is 1. The van der Waals surface area contributed by atoms with Crippen LogP contribution >= 0.6 is 0 Å². The second kappa shape index (κ2) is 5.83. The first kappa shape index (κ1) is 14.9. The summed E-state index contributed by atoms with van der Waals surface area (Å²) < 4.78 is 0. The van der Waals surface area contributed by atoms with E-state index in [-0.39, 0.29) is 5.91 Å². The number of aryl methyl sites for hydroxylation is 1. The molecule has 1 amide bonds. The molecular weight excluding hydrogens is 250 g/mol. The first-order chi connectivity index (χ1) is 9.35. The van der Waals surface area contributed by atoms with Gasteiger partial charge in [-0.2, -0.15) is 0 Å². The molecule has 1 saturated heterocycles. The van der Waals surface area contributed by atoms with Crippen LogP contribution < -0.4 is 10.6 Å². The number of benzene rings is 1. The SMILES string of the molecule is Cc1cccc(N2CCN(C(=O)CC(C)(C)N)CC2)c1. The summed E-state index contributed by atoms with van der Waals surface area (Å²) >= 11 is 0. The van der Waals surface area contributed by atoms with Gasteiger partial charge in [0.1, 0.15) is 0 Å². The largest absolute Gasteiger partial charge is 0.368 e. The van der Waals surface area contributed by atoms with Crippen molar-refractivity contribution in [2.75, 3.05) is 31.1 Å². The van der Waals surface area contributed by atoms with Gasteiger partial charge in [-0.05, 0) is 38.5 Å². The first-order valence-electron chi connectivity index (χ1n) is 7.23. The summed E-state index contributed by atoms with van der Waals surface area (Å²) in [5.74, 6) is 0.168. The fourth-order valence-corrected chi connectivity index (χ4v) is 2.54. The minimum absolute atomic E-state index is 0.168. The lowest BCUT2D eigenvalue weighted by Crippen LogP contribution is -2.50. The predicted octanol–water partition coefficient (Wildman–Crippen LogP) is 1.77. The van der Waals surface area contributed by atoms with Crippen LogP contribution in [0, 0.1) is 6.92 Å². The lowest BCUT2D eigenvalue weighted by atomic mass is 10.0. The highest BCUT2D eigenvalue weighted by atomic mass is 16.2. The Morgan fingerprint density at radius 1 is 1.25 bits per heavy atom. The summed E-state index contributed by atoms with van der Waals surface area (Å²) in [5.41, 5.74) is 8.01. The second-order valence-corrected chi connectivity index (χ2v) is 6.37. The van der Waals surface area contributed by atoms with Gasteiger partial charge >= 0.3 is 0 Å². The summed E-state index contributed by atoms with van der Waals surface area (Å²) in [6, 6.07) is 8.51. The maximum atomic E-state index is 12.1. The highest BCUT2D eigenvalue weighted by Crippen LogP contribution is 2.18. The number of anilines is 1. The van der Waals surface area contributed by atoms with E-state index in [2.05, 4.69) is 36.1 Å². The zero-order chi connectivity index (χ0) is 14.8. The number of hydrogen-bond donors (Lipinski definition) is 1. The first-order valence-corrected chi connectivity index (χ1v) is 7.23. The molecule has 0 atom stereocenters. The zero-order valence-electron chi connectivity index (χ0n) is 12.7. The highest BCUT2D eigenvalue weighted by molar-refractivity contribution is 5.77. The van der Waals surface area contributed by atoms with E-state index in [0.29, 0.717) is 6.42 Å². The van der Waals surface area contributed by atoms with Crippen molar-refractivity contribution in [3.05, 3.63) is 29.8 Å². The molecule has 0 aliphatic carbocycles. The fourth-order valence-electron chi connectivity index (χ4n) is 2.54. The van der Waals surface area contributed by atoms with E-state index in [4.69, 9.17) is 5.73 Å². The smallest absolute Gasteiger partial charge is 0.224 e. The van der Waals surface area contributed by atoms with Crippen molar-refractivity contribution in [1.82, 2.24) is 4.90 Å². The average molecular weight is 275 g/mol. The molecular formula is C16H25N3O. The van der Waals surface area contributed by atoms with E-state index in [1.165, 1.54) is 11.3 Å². The third-order valence-corrected chi connectivity index (χ3v) is 3.61. The highest BCUT2D eigenvalue weighted by Gasteiger charge is 2.25. The second-order valence-electron chi connectivity index (χ2n) is 6.37. The van der Waals surface area contributed by atoms with Gasteiger partial charge in [0.15, 0.2) is 0 Å².